The highest BCUT2D eigenvalue weighted by atomic mass is 19.1. The summed E-state index contributed by atoms with van der Waals surface area (Å²) in [7, 11) is 0. The van der Waals surface area contributed by atoms with Gasteiger partial charge in [0.2, 0.25) is 11.9 Å². The number of nitrogen functional groups attached to an aromatic ring is 1. The van der Waals surface area contributed by atoms with E-state index in [9.17, 15) is 4.39 Å². The van der Waals surface area contributed by atoms with Crippen LogP contribution in [0.15, 0.2) is 30.6 Å². The zero-order valence-corrected chi connectivity index (χ0v) is 10.7. The fourth-order valence-corrected chi connectivity index (χ4v) is 1.74. The van der Waals surface area contributed by atoms with Crippen LogP contribution in [0.5, 0.6) is 0 Å². The predicted octanol–water partition coefficient (Wildman–Crippen LogP) is 2.03. The van der Waals surface area contributed by atoms with Gasteiger partial charge in [0.25, 0.3) is 0 Å². The molecule has 0 fully saturated rings. The van der Waals surface area contributed by atoms with Crippen molar-refractivity contribution in [3.8, 4) is 0 Å². The third-order valence-corrected chi connectivity index (χ3v) is 2.77. The maximum absolute atomic E-state index is 13.4. The standard InChI is InChI=1S/C13H16FN5/c1-9(18-13-17-8-16-12(15)19-13)6-7-10-4-2-3-5-11(10)14/h2-5,8-9H,6-7H2,1H3,(H3,15,16,17,18,19). The zero-order chi connectivity index (χ0) is 13.7. The highest BCUT2D eigenvalue weighted by Gasteiger charge is 2.07. The minimum atomic E-state index is -0.167. The van der Waals surface area contributed by atoms with E-state index < -0.39 is 0 Å². The Kier molecular flexibility index (Phi) is 4.22. The molecule has 19 heavy (non-hydrogen) atoms. The Morgan fingerprint density at radius 1 is 1.32 bits per heavy atom. The molecule has 0 aliphatic heterocycles. The van der Waals surface area contributed by atoms with Crippen LogP contribution in [0.4, 0.5) is 16.3 Å². The number of aryl methyl sites for hydroxylation is 1. The summed E-state index contributed by atoms with van der Waals surface area (Å²) in [5, 5.41) is 3.11. The van der Waals surface area contributed by atoms with Crippen molar-refractivity contribution in [1.82, 2.24) is 15.0 Å². The number of benzene rings is 1. The van der Waals surface area contributed by atoms with Gasteiger partial charge in [0.1, 0.15) is 12.1 Å². The van der Waals surface area contributed by atoms with E-state index in [2.05, 4.69) is 20.3 Å². The van der Waals surface area contributed by atoms with Crippen LogP contribution in [0.3, 0.4) is 0 Å². The van der Waals surface area contributed by atoms with Crippen LogP contribution in [0.2, 0.25) is 0 Å². The number of nitrogens with two attached hydrogens (primary N) is 1. The molecule has 2 aromatic rings. The molecule has 6 heteroatoms. The van der Waals surface area contributed by atoms with E-state index >= 15 is 0 Å². The molecule has 1 aromatic heterocycles. The number of anilines is 2. The van der Waals surface area contributed by atoms with Crippen molar-refractivity contribution in [2.75, 3.05) is 11.1 Å². The molecule has 0 bridgehead atoms. The number of halogens is 1. The van der Waals surface area contributed by atoms with Gasteiger partial charge in [-0.25, -0.2) is 14.4 Å². The number of hydrogen-bond acceptors (Lipinski definition) is 5. The van der Waals surface area contributed by atoms with E-state index in [1.165, 1.54) is 12.4 Å². The molecule has 0 aliphatic rings. The van der Waals surface area contributed by atoms with Crippen LogP contribution in [-0.2, 0) is 6.42 Å². The zero-order valence-electron chi connectivity index (χ0n) is 10.7. The average molecular weight is 261 g/mol. The molecule has 0 radical (unpaired) electrons. The number of nitrogens with one attached hydrogen (secondary N) is 1. The molecule has 1 heterocycles. The largest absolute Gasteiger partial charge is 0.368 e. The van der Waals surface area contributed by atoms with Crippen LogP contribution in [0, 0.1) is 5.82 Å². The lowest BCUT2D eigenvalue weighted by Crippen LogP contribution is -2.18. The molecule has 5 nitrogen and oxygen atoms in total. The fraction of sp³-hybridized carbons (Fsp3) is 0.308. The third kappa shape index (κ3) is 3.87. The molecule has 3 N–H and O–H groups in total. The van der Waals surface area contributed by atoms with E-state index in [1.54, 1.807) is 12.1 Å². The lowest BCUT2D eigenvalue weighted by Gasteiger charge is -2.13. The first-order valence-electron chi connectivity index (χ1n) is 6.09. The Bertz CT molecular complexity index is 546. The summed E-state index contributed by atoms with van der Waals surface area (Å²) >= 11 is 0. The SMILES string of the molecule is CC(CCc1ccccc1F)Nc1ncnc(N)n1. The van der Waals surface area contributed by atoms with Crippen LogP contribution in [0.25, 0.3) is 0 Å². The molecule has 100 valence electrons. The van der Waals surface area contributed by atoms with Crippen molar-refractivity contribution in [2.45, 2.75) is 25.8 Å². The van der Waals surface area contributed by atoms with Crippen molar-refractivity contribution in [3.63, 3.8) is 0 Å². The van der Waals surface area contributed by atoms with Crippen molar-refractivity contribution in [3.05, 3.63) is 42.0 Å². The Balaban J connectivity index is 1.88. The Morgan fingerprint density at radius 3 is 2.84 bits per heavy atom. The van der Waals surface area contributed by atoms with Gasteiger partial charge in [-0.15, -0.1) is 0 Å². The van der Waals surface area contributed by atoms with Crippen LogP contribution in [-0.4, -0.2) is 21.0 Å². The Hall–Kier alpha value is -2.24. The predicted molar refractivity (Wildman–Crippen MR) is 72.0 cm³/mol. The molecule has 1 aromatic carbocycles. The molecule has 0 spiro atoms. The highest BCUT2D eigenvalue weighted by Crippen LogP contribution is 2.11. The van der Waals surface area contributed by atoms with Crippen LogP contribution < -0.4 is 11.1 Å². The minimum absolute atomic E-state index is 0.112. The van der Waals surface area contributed by atoms with E-state index in [0.717, 1.165) is 6.42 Å². The molecular weight excluding hydrogens is 245 g/mol. The van der Waals surface area contributed by atoms with Gasteiger partial charge in [-0.3, -0.25) is 0 Å². The van der Waals surface area contributed by atoms with E-state index in [0.29, 0.717) is 17.9 Å². The number of nitrogens with zero attached hydrogens (tertiary/aromatic N) is 3. The summed E-state index contributed by atoms with van der Waals surface area (Å²) < 4.78 is 13.4. The van der Waals surface area contributed by atoms with Gasteiger partial charge in [0.05, 0.1) is 0 Å². The van der Waals surface area contributed by atoms with Gasteiger partial charge in [-0.2, -0.15) is 4.98 Å². The van der Waals surface area contributed by atoms with E-state index in [4.69, 9.17) is 5.73 Å². The van der Waals surface area contributed by atoms with E-state index in [-0.39, 0.29) is 17.8 Å². The van der Waals surface area contributed by atoms with Gasteiger partial charge in [0.15, 0.2) is 0 Å². The maximum atomic E-state index is 13.4. The Labute approximate surface area is 111 Å². The smallest absolute Gasteiger partial charge is 0.227 e. The molecule has 1 atom stereocenters. The van der Waals surface area contributed by atoms with Crippen molar-refractivity contribution >= 4 is 11.9 Å². The summed E-state index contributed by atoms with van der Waals surface area (Å²) in [6, 6.07) is 6.90. The summed E-state index contributed by atoms with van der Waals surface area (Å²) in [5.41, 5.74) is 6.18. The van der Waals surface area contributed by atoms with Crippen molar-refractivity contribution in [1.29, 1.82) is 0 Å². The maximum Gasteiger partial charge on any atom is 0.227 e. The van der Waals surface area contributed by atoms with Crippen molar-refractivity contribution < 1.29 is 4.39 Å². The first kappa shape index (κ1) is 13.2. The average Bonchev–Trinajstić information content (AvgIpc) is 2.38. The van der Waals surface area contributed by atoms with Gasteiger partial charge in [-0.1, -0.05) is 18.2 Å². The second-order valence-corrected chi connectivity index (χ2v) is 4.34. The summed E-state index contributed by atoms with van der Waals surface area (Å²) in [4.78, 5) is 11.6. The van der Waals surface area contributed by atoms with Crippen LogP contribution >= 0.6 is 0 Å². The van der Waals surface area contributed by atoms with Gasteiger partial charge in [0, 0.05) is 6.04 Å². The second kappa shape index (κ2) is 6.08. The lowest BCUT2D eigenvalue weighted by atomic mass is 10.1. The topological polar surface area (TPSA) is 76.7 Å². The molecular formula is C13H16FN5. The van der Waals surface area contributed by atoms with Gasteiger partial charge >= 0.3 is 0 Å². The molecule has 1 unspecified atom stereocenters. The highest BCUT2D eigenvalue weighted by molar-refractivity contribution is 5.30. The summed E-state index contributed by atoms with van der Waals surface area (Å²) in [6.07, 6.45) is 2.78. The second-order valence-electron chi connectivity index (χ2n) is 4.34. The van der Waals surface area contributed by atoms with Crippen LogP contribution in [0.1, 0.15) is 18.9 Å². The molecule has 0 saturated heterocycles. The quantitative estimate of drug-likeness (QED) is 0.861. The fourth-order valence-electron chi connectivity index (χ4n) is 1.74. The number of hydrogen-bond donors (Lipinski definition) is 2. The first-order valence-corrected chi connectivity index (χ1v) is 6.09. The summed E-state index contributed by atoms with van der Waals surface area (Å²) in [5.74, 6) is 0.450. The normalized spacial score (nSPS) is 12.1. The lowest BCUT2D eigenvalue weighted by molar-refractivity contribution is 0.596. The first-order chi connectivity index (χ1) is 9.15. The molecule has 0 saturated carbocycles. The Morgan fingerprint density at radius 2 is 2.11 bits per heavy atom. The van der Waals surface area contributed by atoms with E-state index in [1.807, 2.05) is 13.0 Å². The molecule has 2 rings (SSSR count). The van der Waals surface area contributed by atoms with Gasteiger partial charge in [-0.05, 0) is 31.4 Å². The van der Waals surface area contributed by atoms with Gasteiger partial charge < -0.3 is 11.1 Å². The number of rotatable bonds is 5. The summed E-state index contributed by atoms with van der Waals surface area (Å²) in [6.45, 7) is 1.99. The third-order valence-electron chi connectivity index (χ3n) is 2.77. The molecule has 0 amide bonds. The minimum Gasteiger partial charge on any atom is -0.368 e. The number of aromatic nitrogens is 3. The van der Waals surface area contributed by atoms with Crippen molar-refractivity contribution in [2.24, 2.45) is 0 Å². The molecule has 0 aliphatic carbocycles. The monoisotopic (exact) mass is 261 g/mol.